The minimum absolute atomic E-state index is 0.157. The Labute approximate surface area is 177 Å². The van der Waals surface area contributed by atoms with E-state index < -0.39 is 0 Å². The Morgan fingerprint density at radius 2 is 2.07 bits per heavy atom. The summed E-state index contributed by atoms with van der Waals surface area (Å²) in [7, 11) is 0. The van der Waals surface area contributed by atoms with E-state index in [1.165, 1.54) is 23.5 Å². The van der Waals surface area contributed by atoms with Gasteiger partial charge in [0, 0.05) is 23.7 Å². The van der Waals surface area contributed by atoms with Crippen LogP contribution in [0.5, 0.6) is 5.88 Å². The van der Waals surface area contributed by atoms with Gasteiger partial charge < -0.3 is 10.1 Å². The Kier molecular flexibility index (Phi) is 5.76. The maximum Gasteiger partial charge on any atom is 0.261 e. The van der Waals surface area contributed by atoms with Crippen molar-refractivity contribution in [1.82, 2.24) is 20.1 Å². The first-order chi connectivity index (χ1) is 14.5. The van der Waals surface area contributed by atoms with Crippen LogP contribution >= 0.6 is 11.3 Å². The van der Waals surface area contributed by atoms with Crippen LogP contribution in [0.25, 0.3) is 10.2 Å². The standard InChI is InChI=1S/C22H21FN4O2S/c1-3-29-21-16(5-4-10-24-21)12-25-20(28)19-11-18-14(2)26-27(22(18)30-19)13-15-6-8-17(23)9-7-15/h4-11H,3,12-13H2,1-2H3,(H,25,28). The number of rotatable bonds is 7. The number of hydrogen-bond acceptors (Lipinski definition) is 5. The van der Waals surface area contributed by atoms with E-state index in [-0.39, 0.29) is 11.7 Å². The van der Waals surface area contributed by atoms with Gasteiger partial charge in [-0.05, 0) is 43.7 Å². The van der Waals surface area contributed by atoms with E-state index >= 15 is 0 Å². The Balaban J connectivity index is 1.52. The number of aromatic nitrogens is 3. The van der Waals surface area contributed by atoms with Crippen LogP contribution in [0.4, 0.5) is 4.39 Å². The molecular formula is C22H21FN4O2S. The maximum atomic E-state index is 13.2. The molecule has 0 aliphatic carbocycles. The topological polar surface area (TPSA) is 69.0 Å². The predicted octanol–water partition coefficient (Wildman–Crippen LogP) is 4.32. The van der Waals surface area contributed by atoms with Crippen molar-refractivity contribution in [2.45, 2.75) is 26.9 Å². The molecule has 0 atom stereocenters. The van der Waals surface area contributed by atoms with E-state index in [9.17, 15) is 9.18 Å². The molecule has 1 aromatic carbocycles. The first-order valence-electron chi connectivity index (χ1n) is 9.61. The normalized spacial score (nSPS) is 11.0. The number of nitrogens with zero attached hydrogens (tertiary/aromatic N) is 3. The lowest BCUT2D eigenvalue weighted by Crippen LogP contribution is -2.22. The summed E-state index contributed by atoms with van der Waals surface area (Å²) < 4.78 is 20.5. The molecule has 0 fully saturated rings. The first-order valence-corrected chi connectivity index (χ1v) is 10.4. The highest BCUT2D eigenvalue weighted by Crippen LogP contribution is 2.29. The van der Waals surface area contributed by atoms with Gasteiger partial charge in [0.25, 0.3) is 5.91 Å². The lowest BCUT2D eigenvalue weighted by Gasteiger charge is -2.09. The number of halogens is 1. The minimum Gasteiger partial charge on any atom is -0.478 e. The van der Waals surface area contributed by atoms with Gasteiger partial charge in [0.05, 0.1) is 23.7 Å². The smallest absolute Gasteiger partial charge is 0.261 e. The highest BCUT2D eigenvalue weighted by Gasteiger charge is 2.17. The zero-order valence-corrected chi connectivity index (χ0v) is 17.5. The number of pyridine rings is 1. The molecular weight excluding hydrogens is 403 g/mol. The highest BCUT2D eigenvalue weighted by molar-refractivity contribution is 7.20. The molecule has 0 saturated heterocycles. The van der Waals surface area contributed by atoms with Gasteiger partial charge in [-0.25, -0.2) is 9.37 Å². The van der Waals surface area contributed by atoms with Crippen LogP contribution in [0.15, 0.2) is 48.7 Å². The summed E-state index contributed by atoms with van der Waals surface area (Å²) in [6.07, 6.45) is 1.66. The van der Waals surface area contributed by atoms with Crippen molar-refractivity contribution < 1.29 is 13.9 Å². The van der Waals surface area contributed by atoms with E-state index in [2.05, 4.69) is 15.4 Å². The summed E-state index contributed by atoms with van der Waals surface area (Å²) in [4.78, 5) is 18.5. The number of ether oxygens (including phenoxy) is 1. The number of carbonyl (C=O) groups excluding carboxylic acids is 1. The quantitative estimate of drug-likeness (QED) is 0.480. The largest absolute Gasteiger partial charge is 0.478 e. The van der Waals surface area contributed by atoms with E-state index in [4.69, 9.17) is 4.74 Å². The minimum atomic E-state index is -0.267. The average Bonchev–Trinajstić information content (AvgIpc) is 3.30. The Morgan fingerprint density at radius 3 is 2.83 bits per heavy atom. The van der Waals surface area contributed by atoms with Crippen LogP contribution < -0.4 is 10.1 Å². The molecule has 154 valence electrons. The number of aryl methyl sites for hydroxylation is 1. The molecule has 4 rings (SSSR count). The van der Waals surface area contributed by atoms with Crippen molar-refractivity contribution in [3.63, 3.8) is 0 Å². The predicted molar refractivity (Wildman–Crippen MR) is 114 cm³/mol. The molecule has 1 N–H and O–H groups in total. The zero-order chi connectivity index (χ0) is 21.1. The molecule has 6 nitrogen and oxygen atoms in total. The molecule has 4 aromatic rings. The Bertz CT molecular complexity index is 1180. The second-order valence-corrected chi connectivity index (χ2v) is 7.81. The van der Waals surface area contributed by atoms with Crippen LogP contribution in [0, 0.1) is 12.7 Å². The van der Waals surface area contributed by atoms with Crippen LogP contribution in [0.2, 0.25) is 0 Å². The van der Waals surface area contributed by atoms with Gasteiger partial charge in [-0.2, -0.15) is 5.10 Å². The Morgan fingerprint density at radius 1 is 1.27 bits per heavy atom. The van der Waals surface area contributed by atoms with Crippen molar-refractivity contribution in [2.24, 2.45) is 0 Å². The molecule has 30 heavy (non-hydrogen) atoms. The van der Waals surface area contributed by atoms with Crippen molar-refractivity contribution in [1.29, 1.82) is 0 Å². The van der Waals surface area contributed by atoms with Crippen LogP contribution in [-0.2, 0) is 13.1 Å². The molecule has 0 saturated carbocycles. The highest BCUT2D eigenvalue weighted by atomic mass is 32.1. The molecule has 8 heteroatoms. The molecule has 0 aliphatic rings. The van der Waals surface area contributed by atoms with Crippen molar-refractivity contribution in [3.8, 4) is 5.88 Å². The lowest BCUT2D eigenvalue weighted by atomic mass is 10.2. The summed E-state index contributed by atoms with van der Waals surface area (Å²) in [5.74, 6) is 0.106. The van der Waals surface area contributed by atoms with Crippen LogP contribution in [-0.4, -0.2) is 27.3 Å². The van der Waals surface area contributed by atoms with Gasteiger partial charge >= 0.3 is 0 Å². The molecule has 0 unspecified atom stereocenters. The number of amides is 1. The monoisotopic (exact) mass is 424 g/mol. The summed E-state index contributed by atoms with van der Waals surface area (Å²) >= 11 is 1.39. The third-order valence-electron chi connectivity index (χ3n) is 4.65. The number of benzene rings is 1. The molecule has 3 heterocycles. The second kappa shape index (κ2) is 8.62. The fraction of sp³-hybridized carbons (Fsp3) is 0.227. The van der Waals surface area contributed by atoms with Crippen molar-refractivity contribution >= 4 is 27.5 Å². The molecule has 3 aromatic heterocycles. The summed E-state index contributed by atoms with van der Waals surface area (Å²) in [6, 6.07) is 11.9. The summed E-state index contributed by atoms with van der Waals surface area (Å²) in [6.45, 7) is 5.17. The van der Waals surface area contributed by atoms with Crippen molar-refractivity contribution in [3.05, 3.63) is 76.2 Å². The zero-order valence-electron chi connectivity index (χ0n) is 16.7. The van der Waals surface area contributed by atoms with Crippen molar-refractivity contribution in [2.75, 3.05) is 6.61 Å². The van der Waals surface area contributed by atoms with E-state index in [0.29, 0.717) is 30.5 Å². The Hall–Kier alpha value is -3.26. The number of fused-ring (bicyclic) bond motifs is 1. The van der Waals surface area contributed by atoms with Gasteiger partial charge in [-0.15, -0.1) is 11.3 Å². The number of carbonyl (C=O) groups is 1. The fourth-order valence-corrected chi connectivity index (χ4v) is 4.26. The summed E-state index contributed by atoms with van der Waals surface area (Å²) in [5.41, 5.74) is 2.63. The molecule has 0 spiro atoms. The lowest BCUT2D eigenvalue weighted by molar-refractivity contribution is 0.0954. The van der Waals surface area contributed by atoms with Gasteiger partial charge in [0.1, 0.15) is 10.6 Å². The SMILES string of the molecule is CCOc1ncccc1CNC(=O)c1cc2c(C)nn(Cc3ccc(F)cc3)c2s1. The van der Waals surface area contributed by atoms with E-state index in [0.717, 1.165) is 27.0 Å². The molecule has 1 amide bonds. The maximum absolute atomic E-state index is 13.2. The summed E-state index contributed by atoms with van der Waals surface area (Å²) in [5, 5.41) is 8.46. The number of nitrogens with one attached hydrogen (secondary N) is 1. The number of thiophene rings is 1. The van der Waals surface area contributed by atoms with E-state index in [1.54, 1.807) is 18.3 Å². The molecule has 0 radical (unpaired) electrons. The van der Waals surface area contributed by atoms with Gasteiger partial charge in [-0.3, -0.25) is 9.48 Å². The van der Waals surface area contributed by atoms with E-state index in [1.807, 2.05) is 36.7 Å². The third kappa shape index (κ3) is 4.18. The molecule has 0 bridgehead atoms. The average molecular weight is 425 g/mol. The third-order valence-corrected chi connectivity index (χ3v) is 5.79. The fourth-order valence-electron chi connectivity index (χ4n) is 3.18. The second-order valence-electron chi connectivity index (χ2n) is 6.78. The van der Waals surface area contributed by atoms with Crippen LogP contribution in [0.3, 0.4) is 0 Å². The number of hydrogen-bond donors (Lipinski definition) is 1. The van der Waals surface area contributed by atoms with Gasteiger partial charge in [0.2, 0.25) is 5.88 Å². The van der Waals surface area contributed by atoms with Gasteiger partial charge in [-0.1, -0.05) is 18.2 Å². The first kappa shape index (κ1) is 20.0. The van der Waals surface area contributed by atoms with Gasteiger partial charge in [0.15, 0.2) is 0 Å². The molecule has 0 aliphatic heterocycles. The van der Waals surface area contributed by atoms with Crippen LogP contribution in [0.1, 0.15) is 33.4 Å².